The Morgan fingerprint density at radius 1 is 0.256 bits per heavy atom. The Kier molecular flexibility index (Phi) is 73.5. The number of fused-ring (bicyclic) bond motifs is 6. The van der Waals surface area contributed by atoms with Gasteiger partial charge < -0.3 is 139 Å². The molecule has 34 heteroatoms. The molecule has 0 saturated carbocycles. The molecule has 0 aliphatic heterocycles. The molecule has 14 nitrogen and oxygen atoms in total. The summed E-state index contributed by atoms with van der Waals surface area (Å²) in [5, 5.41) is 3.34. The first kappa shape index (κ1) is 112. The number of aromatic nitrogens is 12. The maximum atomic E-state index is 4.85. The van der Waals surface area contributed by atoms with Crippen LogP contribution in [0.5, 0.6) is 0 Å². The Morgan fingerprint density at radius 2 is 0.367 bits per heavy atom. The molecule has 6 heterocycles. The molecule has 6 aromatic carbocycles. The molecule has 90 heavy (non-hydrogen) atoms. The van der Waals surface area contributed by atoms with Crippen LogP contribution in [0.25, 0.3) is 66.2 Å². The zero-order valence-corrected chi connectivity index (χ0v) is 66.2. The fourth-order valence-corrected chi connectivity index (χ4v) is 8.17. The van der Waals surface area contributed by atoms with Crippen LogP contribution in [0.4, 0.5) is 0 Å². The number of H-pyrrole nitrogens is 6. The van der Waals surface area contributed by atoms with Gasteiger partial charge in [0.2, 0.25) is 0 Å². The van der Waals surface area contributed by atoms with Crippen LogP contribution in [-0.4, -0.2) is 122 Å². The number of nitrogens with one attached hydrogen (secondary N) is 6. The Labute approximate surface area is 702 Å². The Balaban J connectivity index is -0.0000000996. The zero-order chi connectivity index (χ0) is 55.1. The molecule has 0 amide bonds. The summed E-state index contributed by atoms with van der Waals surface area (Å²) in [6, 6.07) is 46.7. The minimum Gasteiger partial charge on any atom is -1.00 e. The van der Waals surface area contributed by atoms with E-state index < -0.39 is 0 Å². The number of nitrogens with zero attached hydrogens (tertiary/aromatic N) is 8. The monoisotopic (exact) mass is 1950 g/mol. The molecule has 0 unspecified atom stereocenters. The van der Waals surface area contributed by atoms with E-state index >= 15 is 0 Å². The van der Waals surface area contributed by atoms with Crippen molar-refractivity contribution in [1.82, 2.24) is 59.8 Å². The fraction of sp³-hybridized carbons (Fsp3) is 0.250. The first-order valence-corrected chi connectivity index (χ1v) is 27.4. The number of benzene rings is 6. The van der Waals surface area contributed by atoms with Crippen molar-refractivity contribution in [1.29, 1.82) is 0 Å². The van der Waals surface area contributed by atoms with Gasteiger partial charge in [0.05, 0.1) is 120 Å². The summed E-state index contributed by atoms with van der Waals surface area (Å²) in [5.41, 5.74) is 11.7. The summed E-state index contributed by atoms with van der Waals surface area (Å²) in [6.45, 7) is 21.0. The summed E-state index contributed by atoms with van der Waals surface area (Å²) < 4.78 is 2.42. The summed E-state index contributed by atoms with van der Waals surface area (Å²) in [4.78, 5) is 42.2. The predicted octanol–water partition coefficient (Wildman–Crippen LogP) is 5.78. The van der Waals surface area contributed by atoms with Gasteiger partial charge in [-0.05, 0) is 145 Å². The van der Waals surface area contributed by atoms with E-state index in [1.165, 1.54) is 48.2 Å². The van der Waals surface area contributed by atoms with Crippen molar-refractivity contribution in [2.75, 3.05) is 53.4 Å². The third-order valence-electron chi connectivity index (χ3n) is 12.8. The van der Waals surface area contributed by atoms with Gasteiger partial charge in [-0.2, -0.15) is 0 Å². The van der Waals surface area contributed by atoms with Gasteiger partial charge in [-0.3, -0.25) is 29.9 Å². The molecule has 0 bridgehead atoms. The maximum absolute atomic E-state index is 4.85. The van der Waals surface area contributed by atoms with Crippen LogP contribution in [0.15, 0.2) is 177 Å². The number of hydrogen-bond donors (Lipinski definition) is 6. The normalized spacial score (nSPS) is 9.07. The van der Waals surface area contributed by atoms with Gasteiger partial charge in [-0.15, -0.1) is 0 Å². The van der Waals surface area contributed by atoms with Crippen molar-refractivity contribution < 1.29 is 239 Å². The molecular weight excluding hydrogens is 1890 g/mol. The van der Waals surface area contributed by atoms with Crippen LogP contribution in [-0.2, 0) is 281 Å². The van der Waals surface area contributed by atoms with Crippen LogP contribution >= 0.6 is 0 Å². The number of rotatable bonds is 6. The van der Waals surface area contributed by atoms with E-state index in [1.807, 2.05) is 146 Å². The second kappa shape index (κ2) is 59.3. The van der Waals surface area contributed by atoms with Crippen LogP contribution in [0, 0.1) is 0 Å². The minimum absolute atomic E-state index is 0. The average Bonchev–Trinajstić information content (AvgIpc) is 4.30. The van der Waals surface area contributed by atoms with Crippen molar-refractivity contribution in [2.45, 2.75) is 72.5 Å². The van der Waals surface area contributed by atoms with Crippen LogP contribution in [0.2, 0.25) is 0 Å². The number of imidazole rings is 6. The first-order valence-electron chi connectivity index (χ1n) is 24.9. The van der Waals surface area contributed by atoms with E-state index in [0.717, 1.165) is 66.2 Å². The van der Waals surface area contributed by atoms with Crippen LogP contribution < -0.4 is 24.8 Å². The van der Waals surface area contributed by atoms with Crippen molar-refractivity contribution in [2.24, 2.45) is 0 Å². The second-order valence-corrected chi connectivity index (χ2v) is 19.8. The van der Waals surface area contributed by atoms with Gasteiger partial charge in [0, 0.05) is 102 Å². The van der Waals surface area contributed by atoms with E-state index in [4.69, 9.17) is 75.8 Å². The van der Waals surface area contributed by atoms with Crippen molar-refractivity contribution in [3.8, 4) is 0 Å². The van der Waals surface area contributed by atoms with Gasteiger partial charge in [0.25, 0.3) is 0 Å². The van der Waals surface area contributed by atoms with E-state index in [-0.39, 0.29) is 230 Å². The Bertz CT molecular complexity index is 2840. The number of quaternary nitrogens is 2. The summed E-state index contributed by atoms with van der Waals surface area (Å²) in [6.07, 6.45) is 0. The SMILES string of the molecule is CC[N+](C)(CC)CC.CC[N+](C)(CC)CC.[Cl-].[Cl-].[Cu+].[Cu+].[Cu+].[Cu+].[Cu+].[Cu+].[Cu].[Cu].[Cu].[Cu].[Cu].[Cu].[S-]c1nc2ccccc2[nH]1.[S-]c1nc2ccccc2[nH]1.[S-]c1nc2ccccc2[nH]1.[S-]c1nc2ccccc2[nH]1.[S-]c1nc2ccccc2[nH]1.[S-]c1nc2ccccc2[nH]1. The molecule has 0 atom stereocenters. The topological polar surface area (TPSA) is 172 Å². The first-order chi connectivity index (χ1) is 36.5. The molecule has 6 N–H and O–H groups in total. The van der Waals surface area contributed by atoms with Gasteiger partial charge in [-0.1, -0.05) is 72.8 Å². The van der Waals surface area contributed by atoms with E-state index in [2.05, 4.69) is 115 Å². The summed E-state index contributed by atoms with van der Waals surface area (Å²) in [5.74, 6) is 0. The maximum Gasteiger partial charge on any atom is 1.00 e. The van der Waals surface area contributed by atoms with Gasteiger partial charge in [-0.25, -0.2) is 0 Å². The van der Waals surface area contributed by atoms with Gasteiger partial charge in [0.1, 0.15) is 0 Å². The number of hydrogen-bond acceptors (Lipinski definition) is 12. The molecule has 6 aromatic heterocycles. The molecule has 0 aliphatic carbocycles. The van der Waals surface area contributed by atoms with Gasteiger partial charge in [0.15, 0.2) is 0 Å². The smallest absolute Gasteiger partial charge is 1.00 e. The largest absolute Gasteiger partial charge is 1.00 e. The molecular formula is C56H66Cl2Cu12N14S6. The van der Waals surface area contributed by atoms with Crippen LogP contribution in [0.1, 0.15) is 41.5 Å². The molecule has 6 radical (unpaired) electrons. The summed E-state index contributed by atoms with van der Waals surface area (Å²) in [7, 11) is 4.58. The Hall–Kier alpha value is 0.194. The van der Waals surface area contributed by atoms with Crippen molar-refractivity contribution >= 4 is 142 Å². The van der Waals surface area contributed by atoms with E-state index in [9.17, 15) is 0 Å². The van der Waals surface area contributed by atoms with Crippen molar-refractivity contribution in [3.05, 3.63) is 146 Å². The third kappa shape index (κ3) is 38.4. The number of halogens is 2. The van der Waals surface area contributed by atoms with E-state index in [0.29, 0.717) is 30.9 Å². The van der Waals surface area contributed by atoms with Crippen LogP contribution in [0.3, 0.4) is 0 Å². The molecule has 0 saturated heterocycles. The molecule has 0 fully saturated rings. The summed E-state index contributed by atoms with van der Waals surface area (Å²) >= 11 is 29.1. The predicted molar refractivity (Wildman–Crippen MR) is 326 cm³/mol. The van der Waals surface area contributed by atoms with Crippen molar-refractivity contribution in [3.63, 3.8) is 0 Å². The second-order valence-electron chi connectivity index (χ2n) is 17.5. The number of aromatic amines is 6. The van der Waals surface area contributed by atoms with E-state index in [1.54, 1.807) is 0 Å². The molecule has 542 valence electrons. The quantitative estimate of drug-likeness (QED) is 0.0676. The molecule has 12 aromatic rings. The van der Waals surface area contributed by atoms with Gasteiger partial charge >= 0.3 is 102 Å². The molecule has 12 rings (SSSR count). The molecule has 0 spiro atoms. The Morgan fingerprint density at radius 3 is 0.456 bits per heavy atom. The third-order valence-corrected chi connectivity index (χ3v) is 13.9. The standard InChI is InChI=1S/6C7H6N2S.2C7H18N.2ClH.12Cu/c6*10-7-8-5-3-1-2-4-6(5)9-7;2*1-5-8(4,6-2)7-3;;;;;;;;;;;;;;/h6*1-4H,(H2,8,9,10);2*5-7H2,1-4H3;2*1H;;;;;;;;;;;;/q;;;;;;2*+1;;;;;;;;;6*+1/p-8. The molecule has 0 aliphatic rings. The zero-order valence-electron chi connectivity index (χ0n) is 48.5. The minimum atomic E-state index is 0. The number of para-hydroxylation sites is 12. The fourth-order valence-electron chi connectivity index (χ4n) is 6.92. The average molecular weight is 1960 g/mol.